The molecule has 3 aromatic rings. The van der Waals surface area contributed by atoms with Gasteiger partial charge in [0, 0.05) is 10.8 Å². The van der Waals surface area contributed by atoms with Gasteiger partial charge < -0.3 is 9.84 Å². The van der Waals surface area contributed by atoms with Crippen LogP contribution in [0.25, 0.3) is 20.2 Å². The van der Waals surface area contributed by atoms with E-state index in [9.17, 15) is 14.7 Å². The zero-order chi connectivity index (χ0) is 23.1. The maximum absolute atomic E-state index is 13.0. The number of aromatic carboxylic acids is 1. The van der Waals surface area contributed by atoms with E-state index in [2.05, 4.69) is 38.8 Å². The summed E-state index contributed by atoms with van der Waals surface area (Å²) >= 11 is 9.58. The van der Waals surface area contributed by atoms with Crippen molar-refractivity contribution in [2.24, 2.45) is 0 Å². The molecule has 0 saturated carbocycles. The van der Waals surface area contributed by atoms with E-state index in [4.69, 9.17) is 4.74 Å². The first-order chi connectivity index (χ1) is 15.4. The Morgan fingerprint density at radius 2 is 1.28 bits per heavy atom. The molecule has 32 heavy (non-hydrogen) atoms. The molecule has 8 heteroatoms. The maximum atomic E-state index is 13.0. The summed E-state index contributed by atoms with van der Waals surface area (Å²) in [5, 5.41) is 11.0. The van der Waals surface area contributed by atoms with Crippen molar-refractivity contribution in [1.82, 2.24) is 0 Å². The van der Waals surface area contributed by atoms with Crippen LogP contribution in [0.5, 0.6) is 0 Å². The molecule has 1 N–H and O–H groups in total. The number of carboxylic acid groups (broad SMARTS) is 1. The van der Waals surface area contributed by atoms with Crippen LogP contribution >= 0.6 is 54.5 Å². The number of rotatable bonds is 13. The van der Waals surface area contributed by atoms with E-state index in [0.29, 0.717) is 32.3 Å². The quantitative estimate of drug-likeness (QED) is 0.156. The standard InChI is InChI=1S/C24H28Br2O4S2/c1-2-3-4-5-6-7-8-9-10-11-12-30-24(29)20-16-14-18(26)31-21(16)19(23(27)28)15-13-17(25)32-22(15)20/h13-14H,2-12H2,1H3,(H,27,28). The highest BCUT2D eigenvalue weighted by Gasteiger charge is 2.26. The summed E-state index contributed by atoms with van der Waals surface area (Å²) in [5.41, 5.74) is 0.698. The molecule has 0 spiro atoms. The number of esters is 1. The van der Waals surface area contributed by atoms with E-state index < -0.39 is 5.97 Å². The third-order valence-corrected chi connectivity index (χ3v) is 8.86. The van der Waals surface area contributed by atoms with E-state index in [0.717, 1.165) is 20.4 Å². The second-order valence-corrected chi connectivity index (χ2v) is 12.8. The molecule has 0 amide bonds. The number of unbranched alkanes of at least 4 members (excludes halogenated alkanes) is 9. The summed E-state index contributed by atoms with van der Waals surface area (Å²) in [4.78, 5) is 25.0. The number of carbonyl (C=O) groups excluding carboxylic acids is 1. The highest BCUT2D eigenvalue weighted by molar-refractivity contribution is 9.11. The Kier molecular flexibility index (Phi) is 10.0. The topological polar surface area (TPSA) is 63.6 Å². The Hall–Kier alpha value is -0.960. The zero-order valence-electron chi connectivity index (χ0n) is 18.2. The normalized spacial score (nSPS) is 11.5. The van der Waals surface area contributed by atoms with E-state index >= 15 is 0 Å². The number of carboxylic acids is 1. The lowest BCUT2D eigenvalue weighted by molar-refractivity contribution is 0.0501. The lowest BCUT2D eigenvalue weighted by atomic mass is 10.0. The molecular formula is C24H28Br2O4S2. The molecule has 2 heterocycles. The van der Waals surface area contributed by atoms with E-state index in [-0.39, 0.29) is 11.5 Å². The Morgan fingerprint density at radius 3 is 1.81 bits per heavy atom. The molecule has 0 radical (unpaired) electrons. The summed E-state index contributed by atoms with van der Waals surface area (Å²) in [6.45, 7) is 2.62. The van der Waals surface area contributed by atoms with Gasteiger partial charge in [-0.05, 0) is 50.4 Å². The zero-order valence-corrected chi connectivity index (χ0v) is 23.0. The molecule has 2 aromatic heterocycles. The molecule has 0 aliphatic rings. The molecule has 1 aromatic carbocycles. The molecule has 0 fully saturated rings. The average Bonchev–Trinajstić information content (AvgIpc) is 3.30. The summed E-state index contributed by atoms with van der Waals surface area (Å²) in [5.74, 6) is -1.38. The van der Waals surface area contributed by atoms with Gasteiger partial charge in [0.15, 0.2) is 0 Å². The number of carbonyl (C=O) groups is 2. The Labute approximate surface area is 213 Å². The summed E-state index contributed by atoms with van der Waals surface area (Å²) in [6, 6.07) is 3.59. The fourth-order valence-electron chi connectivity index (χ4n) is 3.95. The maximum Gasteiger partial charge on any atom is 0.340 e. The van der Waals surface area contributed by atoms with Gasteiger partial charge in [-0.15, -0.1) is 22.7 Å². The third kappa shape index (κ3) is 6.33. The van der Waals surface area contributed by atoms with Crippen molar-refractivity contribution in [3.05, 3.63) is 30.8 Å². The molecular weight excluding hydrogens is 576 g/mol. The first-order valence-corrected chi connectivity index (χ1v) is 14.4. The highest BCUT2D eigenvalue weighted by Crippen LogP contribution is 2.44. The number of hydrogen-bond donors (Lipinski definition) is 1. The van der Waals surface area contributed by atoms with Crippen molar-refractivity contribution in [3.63, 3.8) is 0 Å². The molecule has 3 rings (SSSR count). The molecule has 0 aliphatic carbocycles. The second kappa shape index (κ2) is 12.5. The van der Waals surface area contributed by atoms with Crippen molar-refractivity contribution < 1.29 is 19.4 Å². The van der Waals surface area contributed by atoms with E-state index in [1.54, 1.807) is 6.07 Å². The van der Waals surface area contributed by atoms with Crippen LogP contribution in [0.4, 0.5) is 0 Å². The van der Waals surface area contributed by atoms with Crippen LogP contribution in [-0.2, 0) is 4.74 Å². The summed E-state index contributed by atoms with van der Waals surface area (Å²) in [6.07, 6.45) is 12.2. The first kappa shape index (κ1) is 25.7. The van der Waals surface area contributed by atoms with Gasteiger partial charge in [-0.25, -0.2) is 9.59 Å². The molecule has 0 unspecified atom stereocenters. The van der Waals surface area contributed by atoms with Crippen LogP contribution in [0.15, 0.2) is 19.7 Å². The van der Waals surface area contributed by atoms with Gasteiger partial charge in [0.1, 0.15) is 0 Å². The minimum Gasteiger partial charge on any atom is -0.478 e. The fourth-order valence-corrected chi connectivity index (χ4v) is 7.26. The van der Waals surface area contributed by atoms with Crippen LogP contribution in [0.3, 0.4) is 0 Å². The first-order valence-electron chi connectivity index (χ1n) is 11.2. The Morgan fingerprint density at radius 1 is 0.812 bits per heavy atom. The van der Waals surface area contributed by atoms with Gasteiger partial charge in [-0.2, -0.15) is 0 Å². The minimum absolute atomic E-state index is 0.235. The van der Waals surface area contributed by atoms with Gasteiger partial charge in [0.25, 0.3) is 0 Å². The van der Waals surface area contributed by atoms with Crippen LogP contribution in [0.2, 0.25) is 0 Å². The second-order valence-electron chi connectivity index (χ2n) is 7.96. The van der Waals surface area contributed by atoms with Crippen molar-refractivity contribution >= 4 is 86.6 Å². The van der Waals surface area contributed by atoms with Crippen LogP contribution < -0.4 is 0 Å². The number of thiophene rings is 2. The van der Waals surface area contributed by atoms with Gasteiger partial charge >= 0.3 is 11.9 Å². The molecule has 4 nitrogen and oxygen atoms in total. The summed E-state index contributed by atoms with van der Waals surface area (Å²) in [7, 11) is 0. The monoisotopic (exact) mass is 602 g/mol. The SMILES string of the molecule is CCCCCCCCCCCCOC(=O)c1c2cc(Br)sc2c(C(=O)O)c2cc(Br)sc12. The van der Waals surface area contributed by atoms with Crippen molar-refractivity contribution in [2.45, 2.75) is 71.1 Å². The fraction of sp³-hybridized carbons (Fsp3) is 0.500. The van der Waals surface area contributed by atoms with Crippen molar-refractivity contribution in [3.8, 4) is 0 Å². The van der Waals surface area contributed by atoms with Gasteiger partial charge in [0.05, 0.1) is 34.7 Å². The highest BCUT2D eigenvalue weighted by atomic mass is 79.9. The predicted octanol–water partition coefficient (Wildman–Crippen LogP) is 9.42. The van der Waals surface area contributed by atoms with Crippen LogP contribution in [0.1, 0.15) is 91.8 Å². The minimum atomic E-state index is -0.995. The largest absolute Gasteiger partial charge is 0.478 e. The van der Waals surface area contributed by atoms with Crippen molar-refractivity contribution in [1.29, 1.82) is 0 Å². The van der Waals surface area contributed by atoms with Crippen molar-refractivity contribution in [2.75, 3.05) is 6.61 Å². The smallest absolute Gasteiger partial charge is 0.340 e. The number of ether oxygens (including phenoxy) is 1. The molecule has 0 atom stereocenters. The molecule has 0 aliphatic heterocycles. The lowest BCUT2D eigenvalue weighted by Crippen LogP contribution is -2.08. The average molecular weight is 604 g/mol. The van der Waals surface area contributed by atoms with Crippen LogP contribution in [0, 0.1) is 0 Å². The van der Waals surface area contributed by atoms with E-state index in [1.807, 2.05) is 6.07 Å². The number of halogens is 2. The molecule has 174 valence electrons. The third-order valence-electron chi connectivity index (χ3n) is 5.55. The predicted molar refractivity (Wildman–Crippen MR) is 142 cm³/mol. The van der Waals surface area contributed by atoms with Gasteiger partial charge in [0.2, 0.25) is 0 Å². The van der Waals surface area contributed by atoms with Gasteiger partial charge in [-0.1, -0.05) is 64.7 Å². The Balaban J connectivity index is 1.61. The molecule has 0 bridgehead atoms. The van der Waals surface area contributed by atoms with Gasteiger partial charge in [-0.3, -0.25) is 0 Å². The molecule has 0 saturated heterocycles. The number of benzene rings is 1. The van der Waals surface area contributed by atoms with E-state index in [1.165, 1.54) is 74.0 Å². The van der Waals surface area contributed by atoms with Crippen LogP contribution in [-0.4, -0.2) is 23.7 Å². The number of fused-ring (bicyclic) bond motifs is 2. The Bertz CT molecular complexity index is 1030. The number of hydrogen-bond acceptors (Lipinski definition) is 5. The lowest BCUT2D eigenvalue weighted by Gasteiger charge is -2.09. The summed E-state index contributed by atoms with van der Waals surface area (Å²) < 4.78 is 8.45.